The predicted octanol–water partition coefficient (Wildman–Crippen LogP) is 3.34. The minimum Gasteiger partial charge on any atom is -0.307 e. The molecular formula is C15H13FN4OS. The Morgan fingerprint density at radius 1 is 1.32 bits per heavy atom. The van der Waals surface area contributed by atoms with Gasteiger partial charge in [-0.15, -0.1) is 11.3 Å². The molecule has 0 unspecified atom stereocenters. The van der Waals surface area contributed by atoms with Crippen LogP contribution in [-0.2, 0) is 0 Å². The first kappa shape index (κ1) is 14.4. The molecule has 22 heavy (non-hydrogen) atoms. The number of carbonyl (C=O) groups is 1. The summed E-state index contributed by atoms with van der Waals surface area (Å²) in [5.74, 6) is -0.416. The molecule has 112 valence electrons. The summed E-state index contributed by atoms with van der Waals surface area (Å²) in [5, 5.41) is 5.36. The maximum absolute atomic E-state index is 12.8. The van der Waals surface area contributed by atoms with E-state index < -0.39 is 5.82 Å². The fourth-order valence-electron chi connectivity index (χ4n) is 2.25. The van der Waals surface area contributed by atoms with Crippen LogP contribution < -0.4 is 5.32 Å². The van der Waals surface area contributed by atoms with E-state index in [4.69, 9.17) is 0 Å². The van der Waals surface area contributed by atoms with Crippen LogP contribution in [0.2, 0.25) is 0 Å². The molecule has 0 aliphatic heterocycles. The lowest BCUT2D eigenvalue weighted by Crippen LogP contribution is -2.14. The average molecular weight is 316 g/mol. The fraction of sp³-hybridized carbons (Fsp3) is 0.133. The Morgan fingerprint density at radius 3 is 2.77 bits per heavy atom. The summed E-state index contributed by atoms with van der Waals surface area (Å²) in [6.07, 6.45) is 2.79. The highest BCUT2D eigenvalue weighted by molar-refractivity contribution is 7.12. The fourth-order valence-corrected chi connectivity index (χ4v) is 3.00. The molecule has 7 heteroatoms. The third-order valence-corrected chi connectivity index (χ3v) is 4.01. The van der Waals surface area contributed by atoms with E-state index in [1.54, 1.807) is 12.3 Å². The number of halogens is 1. The van der Waals surface area contributed by atoms with Gasteiger partial charge in [-0.3, -0.25) is 9.36 Å². The highest BCUT2D eigenvalue weighted by Crippen LogP contribution is 2.22. The maximum atomic E-state index is 12.8. The van der Waals surface area contributed by atoms with E-state index in [1.165, 1.54) is 23.5 Å². The highest BCUT2D eigenvalue weighted by Gasteiger charge is 2.18. The van der Waals surface area contributed by atoms with Crippen LogP contribution in [0.25, 0.3) is 5.13 Å². The van der Waals surface area contributed by atoms with Crippen LogP contribution in [0.15, 0.2) is 36.0 Å². The molecule has 3 aromatic rings. The Labute approximate surface area is 130 Å². The topological polar surface area (TPSA) is 59.8 Å². The number of aromatic nitrogens is 3. The number of aryl methyl sites for hydroxylation is 1. The van der Waals surface area contributed by atoms with Gasteiger partial charge in [-0.25, -0.2) is 14.4 Å². The smallest absolute Gasteiger partial charge is 0.258 e. The van der Waals surface area contributed by atoms with Gasteiger partial charge in [0, 0.05) is 23.0 Å². The highest BCUT2D eigenvalue weighted by atomic mass is 32.1. The molecule has 3 aromatic heterocycles. The van der Waals surface area contributed by atoms with Gasteiger partial charge in [0.05, 0.1) is 11.8 Å². The van der Waals surface area contributed by atoms with E-state index >= 15 is 0 Å². The largest absolute Gasteiger partial charge is 0.307 e. The lowest BCUT2D eigenvalue weighted by atomic mass is 10.2. The molecule has 5 nitrogen and oxygen atoms in total. The van der Waals surface area contributed by atoms with Crippen molar-refractivity contribution in [2.75, 3.05) is 5.32 Å². The Kier molecular flexibility index (Phi) is 3.72. The van der Waals surface area contributed by atoms with Gasteiger partial charge in [-0.05, 0) is 32.0 Å². The van der Waals surface area contributed by atoms with Crippen molar-refractivity contribution in [3.63, 3.8) is 0 Å². The predicted molar refractivity (Wildman–Crippen MR) is 83.1 cm³/mol. The third-order valence-electron chi connectivity index (χ3n) is 3.26. The average Bonchev–Trinajstić information content (AvgIpc) is 3.09. The standard InChI is InChI=1S/C15H13FN4OS/c1-9-7-12(10(2)20(9)15-17-5-6-22-15)14(21)19-13-4-3-11(16)8-18-13/h3-8H,1-2H3,(H,18,19,21). The molecule has 3 heterocycles. The number of carbonyl (C=O) groups excluding carboxylic acids is 1. The Morgan fingerprint density at radius 2 is 2.14 bits per heavy atom. The number of nitrogens with one attached hydrogen (secondary N) is 1. The molecule has 0 saturated heterocycles. The van der Waals surface area contributed by atoms with Gasteiger partial charge in [0.25, 0.3) is 5.91 Å². The second-order valence-electron chi connectivity index (χ2n) is 4.75. The van der Waals surface area contributed by atoms with Crippen molar-refractivity contribution in [1.82, 2.24) is 14.5 Å². The zero-order chi connectivity index (χ0) is 15.7. The van der Waals surface area contributed by atoms with Crippen LogP contribution in [0.1, 0.15) is 21.7 Å². The van der Waals surface area contributed by atoms with E-state index in [0.29, 0.717) is 11.4 Å². The minimum absolute atomic E-state index is 0.282. The summed E-state index contributed by atoms with van der Waals surface area (Å²) in [7, 11) is 0. The Balaban J connectivity index is 1.90. The van der Waals surface area contributed by atoms with Crippen molar-refractivity contribution in [3.05, 3.63) is 58.7 Å². The molecule has 0 bridgehead atoms. The SMILES string of the molecule is Cc1cc(C(=O)Nc2ccc(F)cn2)c(C)n1-c1nccs1. The molecule has 0 fully saturated rings. The number of rotatable bonds is 3. The first-order valence-electron chi connectivity index (χ1n) is 6.58. The molecule has 0 radical (unpaired) electrons. The first-order chi connectivity index (χ1) is 10.6. The van der Waals surface area contributed by atoms with Crippen LogP contribution >= 0.6 is 11.3 Å². The zero-order valence-corrected chi connectivity index (χ0v) is 12.8. The van der Waals surface area contributed by atoms with Crippen LogP contribution in [0.5, 0.6) is 0 Å². The number of hydrogen-bond acceptors (Lipinski definition) is 4. The minimum atomic E-state index is -0.444. The van der Waals surface area contributed by atoms with E-state index in [9.17, 15) is 9.18 Å². The van der Waals surface area contributed by atoms with Gasteiger partial charge in [0.2, 0.25) is 0 Å². The van der Waals surface area contributed by atoms with Crippen LogP contribution in [0.3, 0.4) is 0 Å². The molecule has 1 N–H and O–H groups in total. The number of amides is 1. The van der Waals surface area contributed by atoms with E-state index in [2.05, 4.69) is 15.3 Å². The maximum Gasteiger partial charge on any atom is 0.258 e. The van der Waals surface area contributed by atoms with Crippen LogP contribution in [0.4, 0.5) is 10.2 Å². The summed E-state index contributed by atoms with van der Waals surface area (Å²) in [4.78, 5) is 20.5. The van der Waals surface area contributed by atoms with Crippen molar-refractivity contribution in [3.8, 4) is 5.13 Å². The van der Waals surface area contributed by atoms with Crippen molar-refractivity contribution < 1.29 is 9.18 Å². The quantitative estimate of drug-likeness (QED) is 0.806. The van der Waals surface area contributed by atoms with Gasteiger partial charge in [0.15, 0.2) is 5.13 Å². The Bertz CT molecular complexity index is 809. The van der Waals surface area contributed by atoms with Crippen molar-refractivity contribution in [1.29, 1.82) is 0 Å². The monoisotopic (exact) mass is 316 g/mol. The second kappa shape index (κ2) is 5.69. The first-order valence-corrected chi connectivity index (χ1v) is 7.46. The van der Waals surface area contributed by atoms with E-state index in [1.807, 2.05) is 23.8 Å². The van der Waals surface area contributed by atoms with Gasteiger partial charge in [0.1, 0.15) is 11.6 Å². The molecule has 0 aromatic carbocycles. The van der Waals surface area contributed by atoms with Crippen molar-refractivity contribution >= 4 is 23.1 Å². The summed E-state index contributed by atoms with van der Waals surface area (Å²) in [5.41, 5.74) is 2.26. The van der Waals surface area contributed by atoms with Gasteiger partial charge >= 0.3 is 0 Å². The van der Waals surface area contributed by atoms with Gasteiger partial charge in [-0.1, -0.05) is 0 Å². The Hall–Kier alpha value is -2.54. The van der Waals surface area contributed by atoms with Crippen molar-refractivity contribution in [2.24, 2.45) is 0 Å². The van der Waals surface area contributed by atoms with Crippen molar-refractivity contribution in [2.45, 2.75) is 13.8 Å². The molecule has 0 spiro atoms. The normalized spacial score (nSPS) is 10.7. The number of hydrogen-bond donors (Lipinski definition) is 1. The van der Waals surface area contributed by atoms with E-state index in [-0.39, 0.29) is 5.91 Å². The molecular weight excluding hydrogens is 303 g/mol. The molecule has 3 rings (SSSR count). The number of pyridine rings is 1. The van der Waals surface area contributed by atoms with Crippen LogP contribution in [0, 0.1) is 19.7 Å². The van der Waals surface area contributed by atoms with Gasteiger partial charge < -0.3 is 5.32 Å². The number of anilines is 1. The summed E-state index contributed by atoms with van der Waals surface area (Å²) in [6.45, 7) is 3.78. The molecule has 0 aliphatic carbocycles. The molecule has 0 saturated carbocycles. The van der Waals surface area contributed by atoms with Crippen LogP contribution in [-0.4, -0.2) is 20.4 Å². The van der Waals surface area contributed by atoms with Gasteiger partial charge in [-0.2, -0.15) is 0 Å². The molecule has 0 aliphatic rings. The molecule has 1 amide bonds. The summed E-state index contributed by atoms with van der Waals surface area (Å²) >= 11 is 1.50. The summed E-state index contributed by atoms with van der Waals surface area (Å²) in [6, 6.07) is 4.48. The molecule has 0 atom stereocenters. The number of nitrogens with zero attached hydrogens (tertiary/aromatic N) is 3. The summed E-state index contributed by atoms with van der Waals surface area (Å²) < 4.78 is 14.8. The zero-order valence-electron chi connectivity index (χ0n) is 12.0. The number of thiazole rings is 1. The third kappa shape index (κ3) is 2.62. The second-order valence-corrected chi connectivity index (χ2v) is 5.62. The lowest BCUT2D eigenvalue weighted by Gasteiger charge is -2.06. The van der Waals surface area contributed by atoms with E-state index in [0.717, 1.165) is 22.7 Å². The lowest BCUT2D eigenvalue weighted by molar-refractivity contribution is 0.102.